The number of anilines is 1. The highest BCUT2D eigenvalue weighted by Gasteiger charge is 2.16. The number of rotatable bonds is 9. The van der Waals surface area contributed by atoms with Crippen LogP contribution in [-0.4, -0.2) is 52.6 Å². The number of aromatic nitrogens is 4. The summed E-state index contributed by atoms with van der Waals surface area (Å²) in [4.78, 5) is 20.2. The molecule has 9 nitrogen and oxygen atoms in total. The molecule has 2 aromatic heterocycles. The van der Waals surface area contributed by atoms with E-state index < -0.39 is 0 Å². The third-order valence-electron chi connectivity index (χ3n) is 3.94. The molecule has 0 unspecified atom stereocenters. The summed E-state index contributed by atoms with van der Waals surface area (Å²) in [5.74, 6) is 0.0177. The van der Waals surface area contributed by atoms with Gasteiger partial charge in [0.15, 0.2) is 0 Å². The van der Waals surface area contributed by atoms with Gasteiger partial charge in [0.2, 0.25) is 11.8 Å². The number of carbonyl (C=O) groups is 1. The van der Waals surface area contributed by atoms with Gasteiger partial charge in [-0.15, -0.1) is 0 Å². The second-order valence-corrected chi connectivity index (χ2v) is 6.35. The number of ether oxygens (including phenoxy) is 3. The molecule has 2 aromatic rings. The van der Waals surface area contributed by atoms with E-state index in [1.54, 1.807) is 30.3 Å². The van der Waals surface area contributed by atoms with Crippen molar-refractivity contribution in [3.8, 4) is 11.9 Å². The number of methoxy groups -OCH3 is 3. The first-order chi connectivity index (χ1) is 12.9. The molecule has 2 heterocycles. The standard InChI is InChI=1S/C18H25N5O4/c1-18(2,27-5)8-9-23-12-14(11-20-23)21-15(24)7-6-13-10-19-17(26-4)22-16(13)25-3/h6-7,10-12H,8-9H2,1-5H3,(H,21,24). The van der Waals surface area contributed by atoms with Crippen molar-refractivity contribution >= 4 is 17.7 Å². The number of hydrogen-bond acceptors (Lipinski definition) is 7. The lowest BCUT2D eigenvalue weighted by Crippen LogP contribution is -2.24. The predicted molar refractivity (Wildman–Crippen MR) is 101 cm³/mol. The van der Waals surface area contributed by atoms with Gasteiger partial charge in [-0.3, -0.25) is 9.48 Å². The topological polar surface area (TPSA) is 100 Å². The maximum absolute atomic E-state index is 12.1. The molecule has 1 N–H and O–H groups in total. The Morgan fingerprint density at radius 3 is 2.70 bits per heavy atom. The molecule has 0 spiro atoms. The van der Waals surface area contributed by atoms with E-state index in [1.165, 1.54) is 26.5 Å². The van der Waals surface area contributed by atoms with E-state index >= 15 is 0 Å². The van der Waals surface area contributed by atoms with E-state index in [2.05, 4.69) is 20.4 Å². The van der Waals surface area contributed by atoms with Crippen molar-refractivity contribution < 1.29 is 19.0 Å². The molecule has 1 amide bonds. The van der Waals surface area contributed by atoms with Crippen molar-refractivity contribution in [2.75, 3.05) is 26.6 Å². The van der Waals surface area contributed by atoms with Crippen LogP contribution in [0.25, 0.3) is 6.08 Å². The minimum Gasteiger partial charge on any atom is -0.480 e. The number of amides is 1. The highest BCUT2D eigenvalue weighted by Crippen LogP contribution is 2.19. The van der Waals surface area contributed by atoms with Crippen molar-refractivity contribution in [1.29, 1.82) is 0 Å². The number of hydrogen-bond donors (Lipinski definition) is 1. The second kappa shape index (κ2) is 9.13. The third kappa shape index (κ3) is 6.07. The zero-order valence-electron chi connectivity index (χ0n) is 16.2. The Balaban J connectivity index is 1.95. The summed E-state index contributed by atoms with van der Waals surface area (Å²) in [6.45, 7) is 4.72. The Hall–Kier alpha value is -2.94. The first-order valence-corrected chi connectivity index (χ1v) is 8.38. The minimum atomic E-state index is -0.301. The van der Waals surface area contributed by atoms with Crippen LogP contribution in [0.3, 0.4) is 0 Å². The quantitative estimate of drug-likeness (QED) is 0.670. The largest absolute Gasteiger partial charge is 0.480 e. The molecule has 0 atom stereocenters. The van der Waals surface area contributed by atoms with Crippen molar-refractivity contribution in [2.45, 2.75) is 32.4 Å². The number of carbonyl (C=O) groups excluding carboxylic acids is 1. The SMILES string of the molecule is COc1ncc(C=CC(=O)Nc2cnn(CCC(C)(C)OC)c2)c(OC)n1. The molecule has 0 aromatic carbocycles. The molecule has 0 saturated heterocycles. The minimum absolute atomic E-state index is 0.192. The monoisotopic (exact) mass is 375 g/mol. The van der Waals surface area contributed by atoms with Crippen molar-refractivity contribution in [1.82, 2.24) is 19.7 Å². The second-order valence-electron chi connectivity index (χ2n) is 6.35. The summed E-state index contributed by atoms with van der Waals surface area (Å²) >= 11 is 0. The fourth-order valence-electron chi connectivity index (χ4n) is 2.12. The average molecular weight is 375 g/mol. The number of nitrogens with one attached hydrogen (secondary N) is 1. The lowest BCUT2D eigenvalue weighted by Gasteiger charge is -2.22. The van der Waals surface area contributed by atoms with Crippen LogP contribution in [0.2, 0.25) is 0 Å². The van der Waals surface area contributed by atoms with E-state index in [-0.39, 0.29) is 17.5 Å². The molecule has 9 heteroatoms. The van der Waals surface area contributed by atoms with Gasteiger partial charge in [0, 0.05) is 32.1 Å². The van der Waals surface area contributed by atoms with E-state index in [4.69, 9.17) is 14.2 Å². The van der Waals surface area contributed by atoms with Gasteiger partial charge in [-0.2, -0.15) is 10.1 Å². The van der Waals surface area contributed by atoms with Gasteiger partial charge in [-0.1, -0.05) is 0 Å². The van der Waals surface area contributed by atoms with Gasteiger partial charge in [0.05, 0.1) is 37.3 Å². The molecule has 27 heavy (non-hydrogen) atoms. The van der Waals surface area contributed by atoms with Gasteiger partial charge < -0.3 is 19.5 Å². The van der Waals surface area contributed by atoms with E-state index in [0.717, 1.165) is 6.42 Å². The molecule has 0 aliphatic rings. The Bertz CT molecular complexity index is 801. The van der Waals surface area contributed by atoms with Crippen molar-refractivity contribution in [3.05, 3.63) is 30.2 Å². The van der Waals surface area contributed by atoms with Crippen LogP contribution in [0, 0.1) is 0 Å². The van der Waals surface area contributed by atoms with Crippen LogP contribution < -0.4 is 14.8 Å². The lowest BCUT2D eigenvalue weighted by atomic mass is 10.1. The Morgan fingerprint density at radius 1 is 1.26 bits per heavy atom. The molecule has 0 fully saturated rings. The van der Waals surface area contributed by atoms with E-state index in [0.29, 0.717) is 23.7 Å². The summed E-state index contributed by atoms with van der Waals surface area (Å²) in [6, 6.07) is 0.192. The molecular formula is C18H25N5O4. The number of aryl methyl sites for hydroxylation is 1. The highest BCUT2D eigenvalue weighted by atomic mass is 16.5. The lowest BCUT2D eigenvalue weighted by molar-refractivity contribution is -0.111. The van der Waals surface area contributed by atoms with Crippen molar-refractivity contribution in [3.63, 3.8) is 0 Å². The number of nitrogens with zero attached hydrogens (tertiary/aromatic N) is 4. The van der Waals surface area contributed by atoms with Gasteiger partial charge in [-0.05, 0) is 26.3 Å². The third-order valence-corrected chi connectivity index (χ3v) is 3.94. The van der Waals surface area contributed by atoms with Crippen LogP contribution >= 0.6 is 0 Å². The molecule has 146 valence electrons. The zero-order valence-corrected chi connectivity index (χ0v) is 16.2. The van der Waals surface area contributed by atoms with E-state index in [1.807, 2.05) is 13.8 Å². The highest BCUT2D eigenvalue weighted by molar-refractivity contribution is 6.01. The molecular weight excluding hydrogens is 350 g/mol. The summed E-state index contributed by atoms with van der Waals surface area (Å²) in [5.41, 5.74) is 0.946. The maximum atomic E-state index is 12.1. The smallest absolute Gasteiger partial charge is 0.319 e. The maximum Gasteiger partial charge on any atom is 0.319 e. The Kier molecular flexibility index (Phi) is 6.89. The van der Waals surface area contributed by atoms with Gasteiger partial charge in [0.1, 0.15) is 0 Å². The summed E-state index contributed by atoms with van der Waals surface area (Å²) < 4.78 is 17.3. The predicted octanol–water partition coefficient (Wildman–Crippen LogP) is 2.16. The fourth-order valence-corrected chi connectivity index (χ4v) is 2.12. The van der Waals surface area contributed by atoms with Gasteiger partial charge in [0.25, 0.3) is 0 Å². The van der Waals surface area contributed by atoms with Crippen LogP contribution in [0.15, 0.2) is 24.7 Å². The molecule has 0 aliphatic carbocycles. The zero-order chi connectivity index (χ0) is 19.9. The Morgan fingerprint density at radius 2 is 2.04 bits per heavy atom. The summed E-state index contributed by atoms with van der Waals surface area (Å²) in [7, 11) is 4.64. The first-order valence-electron chi connectivity index (χ1n) is 8.38. The molecule has 0 saturated carbocycles. The molecule has 0 aliphatic heterocycles. The van der Waals surface area contributed by atoms with Gasteiger partial charge >= 0.3 is 6.01 Å². The van der Waals surface area contributed by atoms with Crippen molar-refractivity contribution in [2.24, 2.45) is 0 Å². The van der Waals surface area contributed by atoms with Crippen LogP contribution in [0.1, 0.15) is 25.8 Å². The van der Waals surface area contributed by atoms with Crippen LogP contribution in [0.4, 0.5) is 5.69 Å². The molecule has 2 rings (SSSR count). The molecule has 0 bridgehead atoms. The Labute approximate surface area is 158 Å². The van der Waals surface area contributed by atoms with Crippen LogP contribution in [0.5, 0.6) is 11.9 Å². The molecule has 0 radical (unpaired) electrons. The average Bonchev–Trinajstić information content (AvgIpc) is 3.12. The fraction of sp³-hybridized carbons (Fsp3) is 0.444. The van der Waals surface area contributed by atoms with E-state index in [9.17, 15) is 4.79 Å². The normalized spacial score (nSPS) is 11.6. The summed E-state index contributed by atoms with van der Waals surface area (Å²) in [5, 5.41) is 7.00. The van der Waals surface area contributed by atoms with Gasteiger partial charge in [-0.25, -0.2) is 4.98 Å². The summed E-state index contributed by atoms with van der Waals surface area (Å²) in [6.07, 6.45) is 8.63. The van der Waals surface area contributed by atoms with Crippen LogP contribution in [-0.2, 0) is 16.1 Å². The first kappa shape index (κ1) is 20.4.